The van der Waals surface area contributed by atoms with Crippen molar-refractivity contribution in [3.63, 3.8) is 0 Å². The highest BCUT2D eigenvalue weighted by molar-refractivity contribution is 5.86. The van der Waals surface area contributed by atoms with Crippen LogP contribution in [-0.2, 0) is 12.4 Å². The van der Waals surface area contributed by atoms with Gasteiger partial charge in [0, 0.05) is 34.0 Å². The predicted molar refractivity (Wildman–Crippen MR) is 129 cm³/mol. The second kappa shape index (κ2) is 11.7. The van der Waals surface area contributed by atoms with E-state index in [-0.39, 0.29) is 0 Å². The van der Waals surface area contributed by atoms with Crippen LogP contribution in [0.15, 0.2) is 24.5 Å². The van der Waals surface area contributed by atoms with Gasteiger partial charge in [0.2, 0.25) is 0 Å². The second-order valence-electron chi connectivity index (χ2n) is 8.12. The van der Waals surface area contributed by atoms with Gasteiger partial charge in [0.1, 0.15) is 36.4 Å². The third kappa shape index (κ3) is 5.26. The summed E-state index contributed by atoms with van der Waals surface area (Å²) in [6.07, 6.45) is -9.56. The number of nitriles is 8. The maximum absolute atomic E-state index is 13.6. The molecule has 0 aliphatic heterocycles. The molecule has 44 heavy (non-hydrogen) atoms. The van der Waals surface area contributed by atoms with E-state index in [1.807, 2.05) is 0 Å². The van der Waals surface area contributed by atoms with E-state index >= 15 is 0 Å². The Kier molecular flexibility index (Phi) is 8.32. The molecule has 208 valence electrons. The zero-order chi connectivity index (χ0) is 33.0. The lowest BCUT2D eigenvalue weighted by Gasteiger charge is -2.13. The summed E-state index contributed by atoms with van der Waals surface area (Å²) in [5.74, 6) is 0. The Bertz CT molecular complexity index is 2080. The highest BCUT2D eigenvalue weighted by Gasteiger charge is 2.39. The molecule has 0 spiro atoms. The lowest BCUT2D eigenvalue weighted by molar-refractivity contribution is -0.142. The maximum atomic E-state index is 13.6. The standard InChI is InChI=1S/C28H4F6N10/c29-27(30,31)25-21(9-41)23(15(5-37)11-43-25)19(7-39)17-1-13(3-35)18(2-14(17)4-36)20(8-40)24-16(6-38)12-44-26(22(24)10-42)28(32,33)34/h1-2,11-12H/b19-17-,20-18+. The predicted octanol–water partition coefficient (Wildman–Crippen LogP) is 3.19. The molecule has 0 saturated heterocycles. The average molecular weight is 594 g/mol. The fourth-order valence-electron chi connectivity index (χ4n) is 4.06. The molecule has 0 aliphatic carbocycles. The summed E-state index contributed by atoms with van der Waals surface area (Å²) >= 11 is 0. The van der Waals surface area contributed by atoms with Gasteiger partial charge in [0.25, 0.3) is 0 Å². The third-order valence-corrected chi connectivity index (χ3v) is 5.82. The highest BCUT2D eigenvalue weighted by atomic mass is 19.4. The number of hydrogen-bond acceptors (Lipinski definition) is 10. The Labute approximate surface area is 241 Å². The third-order valence-electron chi connectivity index (χ3n) is 5.82. The first-order valence-electron chi connectivity index (χ1n) is 11.1. The quantitative estimate of drug-likeness (QED) is 0.395. The van der Waals surface area contributed by atoms with E-state index in [4.69, 9.17) is 0 Å². The van der Waals surface area contributed by atoms with Gasteiger partial charge < -0.3 is 0 Å². The van der Waals surface area contributed by atoms with Gasteiger partial charge >= 0.3 is 12.4 Å². The average Bonchev–Trinajstić information content (AvgIpc) is 3.00. The van der Waals surface area contributed by atoms with Gasteiger partial charge in [-0.3, -0.25) is 0 Å². The molecule has 0 saturated carbocycles. The molecule has 0 N–H and O–H groups in total. The van der Waals surface area contributed by atoms with E-state index in [0.717, 1.165) is 12.1 Å². The molecular weight excluding hydrogens is 590 g/mol. The van der Waals surface area contributed by atoms with Gasteiger partial charge in [0.15, 0.2) is 11.4 Å². The fourth-order valence-corrected chi connectivity index (χ4v) is 4.06. The molecule has 0 unspecified atom stereocenters. The van der Waals surface area contributed by atoms with Crippen molar-refractivity contribution in [2.24, 2.45) is 0 Å². The lowest BCUT2D eigenvalue weighted by atomic mass is 9.89. The molecule has 16 heteroatoms. The zero-order valence-corrected chi connectivity index (χ0v) is 21.0. The molecule has 3 rings (SSSR count). The molecule has 0 radical (unpaired) electrons. The summed E-state index contributed by atoms with van der Waals surface area (Å²) in [5.41, 5.74) is -12.2. The molecule has 0 bridgehead atoms. The number of nitrogens with zero attached hydrogens (tertiary/aromatic N) is 10. The molecule has 2 heterocycles. The summed E-state index contributed by atoms with van der Waals surface area (Å²) < 4.78 is 81.7. The van der Waals surface area contributed by atoms with Crippen LogP contribution in [0.4, 0.5) is 26.3 Å². The minimum Gasteiger partial charge on any atom is -0.249 e. The van der Waals surface area contributed by atoms with Crippen molar-refractivity contribution < 1.29 is 26.3 Å². The Morgan fingerprint density at radius 3 is 1.05 bits per heavy atom. The maximum Gasteiger partial charge on any atom is 0.434 e. The van der Waals surface area contributed by atoms with E-state index in [2.05, 4.69) is 9.97 Å². The summed E-state index contributed by atoms with van der Waals surface area (Å²) in [6.45, 7) is 0. The van der Waals surface area contributed by atoms with Crippen LogP contribution in [0.1, 0.15) is 55.9 Å². The summed E-state index contributed by atoms with van der Waals surface area (Å²) in [6, 6.07) is 13.1. The van der Waals surface area contributed by atoms with Crippen molar-refractivity contribution in [3.05, 3.63) is 90.9 Å². The van der Waals surface area contributed by atoms with E-state index in [0.29, 0.717) is 12.4 Å². The molecule has 0 aliphatic rings. The minimum atomic E-state index is -5.22. The van der Waals surface area contributed by atoms with E-state index < -0.39 is 89.8 Å². The number of halogens is 6. The Morgan fingerprint density at radius 1 is 0.500 bits per heavy atom. The molecule has 0 fully saturated rings. The zero-order valence-electron chi connectivity index (χ0n) is 21.0. The van der Waals surface area contributed by atoms with Crippen LogP contribution in [0.3, 0.4) is 0 Å². The highest BCUT2D eigenvalue weighted by Crippen LogP contribution is 2.35. The Balaban J connectivity index is 2.72. The number of pyridine rings is 2. The van der Waals surface area contributed by atoms with Gasteiger partial charge in [-0.1, -0.05) is 0 Å². The Hall–Kier alpha value is -7.24. The first kappa shape index (κ1) is 31.3. The van der Waals surface area contributed by atoms with Crippen molar-refractivity contribution in [2.75, 3.05) is 0 Å². The van der Waals surface area contributed by atoms with Crippen molar-refractivity contribution in [1.82, 2.24) is 9.97 Å². The first-order valence-corrected chi connectivity index (χ1v) is 11.1. The Morgan fingerprint density at radius 2 is 0.818 bits per heavy atom. The summed E-state index contributed by atoms with van der Waals surface area (Å²) in [7, 11) is 0. The summed E-state index contributed by atoms with van der Waals surface area (Å²) in [5, 5.41) is 76.6. The largest absolute Gasteiger partial charge is 0.434 e. The molecule has 1 aromatic carbocycles. The first-order chi connectivity index (χ1) is 20.8. The van der Waals surface area contributed by atoms with E-state index in [1.165, 1.54) is 36.4 Å². The van der Waals surface area contributed by atoms with Crippen molar-refractivity contribution in [3.8, 4) is 48.6 Å². The number of hydrogen-bond donors (Lipinski definition) is 0. The topological polar surface area (TPSA) is 216 Å². The number of benzene rings is 1. The van der Waals surface area contributed by atoms with Crippen LogP contribution in [-0.4, -0.2) is 9.97 Å². The van der Waals surface area contributed by atoms with Gasteiger partial charge in [-0.05, 0) is 12.1 Å². The van der Waals surface area contributed by atoms with Crippen molar-refractivity contribution in [2.45, 2.75) is 12.4 Å². The van der Waals surface area contributed by atoms with Gasteiger partial charge in [-0.15, -0.1) is 0 Å². The van der Waals surface area contributed by atoms with Crippen molar-refractivity contribution in [1.29, 1.82) is 42.1 Å². The fraction of sp³-hybridized carbons (Fsp3) is 0.0714. The summed E-state index contributed by atoms with van der Waals surface area (Å²) in [4.78, 5) is 6.18. The van der Waals surface area contributed by atoms with E-state index in [1.54, 1.807) is 12.1 Å². The molecule has 0 amide bonds. The SMILES string of the molecule is N#C/C(c1c(C#N)cnc(C(F)(F)F)c1C#N)=c1/cc(C#N)/c(=C(/C#N)c2c(C#N)cnc(C(F)(F)F)c2C#N)cc1C#N. The van der Waals surface area contributed by atoms with Crippen LogP contribution in [0.5, 0.6) is 0 Å². The van der Waals surface area contributed by atoms with Gasteiger partial charge in [-0.25, -0.2) is 9.97 Å². The van der Waals surface area contributed by atoms with Crippen LogP contribution >= 0.6 is 0 Å². The van der Waals surface area contributed by atoms with Crippen LogP contribution in [0, 0.1) is 90.6 Å². The molecule has 10 nitrogen and oxygen atoms in total. The monoisotopic (exact) mass is 594 g/mol. The smallest absolute Gasteiger partial charge is 0.249 e. The normalized spacial score (nSPS) is 12.0. The molecule has 2 aromatic heterocycles. The van der Waals surface area contributed by atoms with Crippen LogP contribution in [0.2, 0.25) is 0 Å². The van der Waals surface area contributed by atoms with Crippen LogP contribution < -0.4 is 10.4 Å². The van der Waals surface area contributed by atoms with Crippen LogP contribution in [0.25, 0.3) is 11.1 Å². The lowest BCUT2D eigenvalue weighted by Crippen LogP contribution is -2.24. The van der Waals surface area contributed by atoms with Gasteiger partial charge in [-0.2, -0.15) is 68.4 Å². The minimum absolute atomic E-state index is 0.442. The number of aromatic nitrogens is 2. The molecular formula is C28H4F6N10. The number of rotatable bonds is 2. The number of alkyl halides is 6. The van der Waals surface area contributed by atoms with Crippen molar-refractivity contribution >= 4 is 11.1 Å². The van der Waals surface area contributed by atoms with E-state index in [9.17, 15) is 68.4 Å². The van der Waals surface area contributed by atoms with Gasteiger partial charge in [0.05, 0.1) is 56.7 Å². The second-order valence-corrected chi connectivity index (χ2v) is 8.12. The molecule has 0 atom stereocenters. The molecule has 3 aromatic rings.